The molecule has 0 aliphatic carbocycles. The molecule has 2 aromatic carbocycles. The third kappa shape index (κ3) is 13.0. The van der Waals surface area contributed by atoms with Gasteiger partial charge in [0.2, 0.25) is 0 Å². The van der Waals surface area contributed by atoms with Crippen LogP contribution in [0.2, 0.25) is 0 Å². The van der Waals surface area contributed by atoms with Crippen molar-refractivity contribution in [3.63, 3.8) is 0 Å². The molecule has 0 spiro atoms. The van der Waals surface area contributed by atoms with Gasteiger partial charge >= 0.3 is 25.5 Å². The third-order valence-electron chi connectivity index (χ3n) is 8.87. The molecule has 1 saturated heterocycles. The number of ether oxygens (including phenoxy) is 1. The van der Waals surface area contributed by atoms with E-state index in [0.717, 1.165) is 59.9 Å². The van der Waals surface area contributed by atoms with E-state index < -0.39 is 0 Å². The number of piperidine rings is 1. The van der Waals surface area contributed by atoms with Gasteiger partial charge in [0.1, 0.15) is 17.6 Å². The minimum absolute atomic E-state index is 0.0268. The van der Waals surface area contributed by atoms with E-state index in [-0.39, 0.29) is 28.6 Å². The first-order chi connectivity index (χ1) is 21.6. The first kappa shape index (κ1) is 42.8. The molecule has 1 heterocycles. The second-order valence-electron chi connectivity index (χ2n) is 16.3. The van der Waals surface area contributed by atoms with Gasteiger partial charge in [-0.25, -0.2) is 0 Å². The zero-order valence-corrected chi connectivity index (χ0v) is 32.3. The van der Waals surface area contributed by atoms with Crippen molar-refractivity contribution in [2.24, 2.45) is 11.8 Å². The Morgan fingerprint density at radius 2 is 1.38 bits per heavy atom. The van der Waals surface area contributed by atoms with Gasteiger partial charge < -0.3 is 26.8 Å². The number of phenols is 2. The Bertz CT molecular complexity index is 1290. The molecule has 7 heteroatoms. The molecule has 269 valence electrons. The quantitative estimate of drug-likeness (QED) is 0.201. The molecule has 1 fully saturated rings. The van der Waals surface area contributed by atoms with Crippen molar-refractivity contribution >= 4 is 5.97 Å². The van der Waals surface area contributed by atoms with Crippen LogP contribution in [-0.4, -0.2) is 38.3 Å². The fraction of sp³-hybridized carbons (Fsp3) is 0.625. The molecule has 47 heavy (non-hydrogen) atoms. The van der Waals surface area contributed by atoms with Crippen LogP contribution in [0, 0.1) is 32.7 Å². The minimum atomic E-state index is -0.148. The van der Waals surface area contributed by atoms with E-state index in [9.17, 15) is 15.0 Å². The van der Waals surface area contributed by atoms with Crippen molar-refractivity contribution in [3.8, 4) is 11.5 Å². The molecule has 2 N–H and O–H groups in total. The van der Waals surface area contributed by atoms with Gasteiger partial charge in [-0.15, -0.1) is 0 Å². The summed E-state index contributed by atoms with van der Waals surface area (Å²) in [5, 5.41) is 20.7. The number of carbonyl (C=O) groups excluding carboxylic acids is 1. The van der Waals surface area contributed by atoms with Crippen LogP contribution in [-0.2, 0) is 60.2 Å². The van der Waals surface area contributed by atoms with Gasteiger partial charge in [-0.05, 0) is 123 Å². The molecular weight excluding hydrogens is 633 g/mol. The molecule has 0 bridgehead atoms. The number of hydrogen-bond acceptors (Lipinski definition) is 6. The Hall–Kier alpha value is -2.22. The first-order valence-electron chi connectivity index (χ1n) is 17.0. The molecule has 0 atom stereocenters. The third-order valence-corrected chi connectivity index (χ3v) is 8.87. The number of nitrogens with zero attached hydrogens (tertiary/aromatic N) is 1. The average Bonchev–Trinajstić information content (AvgIpc) is 2.94. The maximum absolute atomic E-state index is 12.5. The molecule has 1 aliphatic heterocycles. The van der Waals surface area contributed by atoms with Crippen LogP contribution in [0.25, 0.3) is 0 Å². The summed E-state index contributed by atoms with van der Waals surface area (Å²) in [7, 11) is 4.21. The van der Waals surface area contributed by atoms with Crippen LogP contribution in [0.5, 0.6) is 11.5 Å². The number of aromatic hydroxyl groups is 2. The zero-order valence-electron chi connectivity index (χ0n) is 31.3. The summed E-state index contributed by atoms with van der Waals surface area (Å²) >= 11 is 2.31. The van der Waals surface area contributed by atoms with Gasteiger partial charge in [-0.3, -0.25) is 11.8 Å². The second-order valence-corrected chi connectivity index (χ2v) is 16.3. The number of aryl methyl sites for hydroxylation is 2. The van der Waals surface area contributed by atoms with Crippen molar-refractivity contribution < 1.29 is 39.3 Å². The molecule has 0 radical (unpaired) electrons. The SMILES string of the molecule is [CH2-]Cc1cc(CC(C)C)c(O)c(C(C)(C)C)c1.[CH2-]N1C(C)(C)CC(OC(=O)CCc2cc(C)c(O)c(CC(C)C)c2)CC1(C)C.[O]=[Co]. The van der Waals surface area contributed by atoms with E-state index in [1.165, 1.54) is 5.56 Å². The number of rotatable bonds is 9. The Morgan fingerprint density at radius 1 is 0.915 bits per heavy atom. The topological polar surface area (TPSA) is 87.1 Å². The molecule has 0 amide bonds. The van der Waals surface area contributed by atoms with Gasteiger partial charge in [0, 0.05) is 6.42 Å². The van der Waals surface area contributed by atoms with E-state index in [0.29, 0.717) is 36.2 Å². The monoisotopic (exact) mass is 696 g/mol. The van der Waals surface area contributed by atoms with Gasteiger partial charge in [-0.2, -0.15) is 6.42 Å². The van der Waals surface area contributed by atoms with Crippen molar-refractivity contribution in [1.82, 2.24) is 4.90 Å². The van der Waals surface area contributed by atoms with E-state index in [4.69, 9.17) is 8.60 Å². The van der Waals surface area contributed by atoms with Crippen LogP contribution < -0.4 is 0 Å². The first-order valence-corrected chi connectivity index (χ1v) is 17.4. The summed E-state index contributed by atoms with van der Waals surface area (Å²) < 4.78 is 13.8. The number of carbonyl (C=O) groups is 1. The van der Waals surface area contributed by atoms with Gasteiger partial charge in [-0.1, -0.05) is 78.3 Å². The maximum atomic E-state index is 12.5. The summed E-state index contributed by atoms with van der Waals surface area (Å²) in [5.41, 5.74) is 5.98. The Balaban J connectivity index is 0.000000497. The van der Waals surface area contributed by atoms with E-state index >= 15 is 0 Å². The Kier molecular flexibility index (Phi) is 16.4. The number of phenolic OH excluding ortho intramolecular Hbond substituents is 2. The predicted molar refractivity (Wildman–Crippen MR) is 189 cm³/mol. The summed E-state index contributed by atoms with van der Waals surface area (Å²) in [6.45, 7) is 29.5. The van der Waals surface area contributed by atoms with E-state index in [2.05, 4.69) is 123 Å². The molecule has 2 aromatic rings. The second kappa shape index (κ2) is 18.0. The predicted octanol–water partition coefficient (Wildman–Crippen LogP) is 9.33. The number of hydrogen-bond donors (Lipinski definition) is 2. The van der Waals surface area contributed by atoms with Crippen LogP contribution >= 0.6 is 0 Å². The number of benzene rings is 2. The fourth-order valence-electron chi connectivity index (χ4n) is 6.55. The molecule has 3 rings (SSSR count). The summed E-state index contributed by atoms with van der Waals surface area (Å²) in [6.07, 6.45) is 5.03. The Labute approximate surface area is 294 Å². The summed E-state index contributed by atoms with van der Waals surface area (Å²) in [5.74, 6) is 1.73. The number of esters is 1. The van der Waals surface area contributed by atoms with Crippen molar-refractivity contribution in [1.29, 1.82) is 0 Å². The van der Waals surface area contributed by atoms with E-state index in [1.807, 2.05) is 19.1 Å². The van der Waals surface area contributed by atoms with Crippen molar-refractivity contribution in [3.05, 3.63) is 71.6 Å². The van der Waals surface area contributed by atoms with Gasteiger partial charge in [0.15, 0.2) is 0 Å². The van der Waals surface area contributed by atoms with Crippen LogP contribution in [0.3, 0.4) is 0 Å². The molecular formula is C40H63CoNO5-2. The molecule has 6 nitrogen and oxygen atoms in total. The van der Waals surface area contributed by atoms with Crippen molar-refractivity contribution in [2.75, 3.05) is 0 Å². The standard InChI is InChI=1S/C24H38NO3.C16H25O.Co.O/c1-16(2)11-19-13-18(12-17(3)22(19)27)9-10-21(26)28-20-14-23(4,5)25(8)24(6,7)15-20;1-7-12-9-13(8-11(2)3)15(17)14(10-12)16(4,5)6;;/h12-13,16,20,27H,8-11,14-15H2,1-7H3;9-11,17H,1,7-8H2,2-6H3;;/q2*-1;;. The van der Waals surface area contributed by atoms with Crippen molar-refractivity contribution in [2.45, 2.75) is 151 Å². The normalized spacial score (nSPS) is 16.3. The fourth-order valence-corrected chi connectivity index (χ4v) is 6.55. The van der Waals surface area contributed by atoms with Crippen LogP contribution in [0.4, 0.5) is 0 Å². The molecule has 0 unspecified atom stereocenters. The number of likely N-dealkylation sites (tertiary alicyclic amines) is 1. The average molecular weight is 697 g/mol. The van der Waals surface area contributed by atoms with E-state index in [1.54, 1.807) is 0 Å². The van der Waals surface area contributed by atoms with Gasteiger partial charge in [0.05, 0.1) is 0 Å². The zero-order chi connectivity index (χ0) is 36.5. The molecule has 0 aromatic heterocycles. The molecule has 1 aliphatic rings. The van der Waals surface area contributed by atoms with Crippen LogP contribution in [0.1, 0.15) is 129 Å². The Morgan fingerprint density at radius 3 is 1.83 bits per heavy atom. The van der Waals surface area contributed by atoms with Gasteiger partial charge in [0.25, 0.3) is 0 Å². The van der Waals surface area contributed by atoms with Crippen LogP contribution in [0.15, 0.2) is 24.3 Å². The summed E-state index contributed by atoms with van der Waals surface area (Å²) in [6, 6.07) is 8.19. The molecule has 0 saturated carbocycles. The summed E-state index contributed by atoms with van der Waals surface area (Å²) in [4.78, 5) is 14.6.